The highest BCUT2D eigenvalue weighted by atomic mass is 16.6. The molecule has 122 valence electrons. The van der Waals surface area contributed by atoms with E-state index in [1.807, 2.05) is 24.3 Å². The van der Waals surface area contributed by atoms with Gasteiger partial charge in [-0.3, -0.25) is 9.59 Å². The van der Waals surface area contributed by atoms with E-state index in [1.165, 1.54) is 5.56 Å². The van der Waals surface area contributed by atoms with Gasteiger partial charge in [-0.05, 0) is 36.8 Å². The Balaban J connectivity index is 2.89. The summed E-state index contributed by atoms with van der Waals surface area (Å²) in [5.74, 6) is -1.96. The van der Waals surface area contributed by atoms with Crippen LogP contribution in [0, 0.1) is 5.92 Å². The minimum Gasteiger partial charge on any atom is -0.465 e. The number of esters is 2. The van der Waals surface area contributed by atoms with Gasteiger partial charge >= 0.3 is 11.9 Å². The summed E-state index contributed by atoms with van der Waals surface area (Å²) in [4.78, 5) is 23.9. The summed E-state index contributed by atoms with van der Waals surface area (Å²) in [6.45, 7) is 10.4. The lowest BCUT2D eigenvalue weighted by atomic mass is 9.86. The number of hydrogen-bond donors (Lipinski definition) is 0. The van der Waals surface area contributed by atoms with Crippen molar-refractivity contribution >= 4 is 11.9 Å². The molecule has 0 atom stereocenters. The minimum atomic E-state index is -0.902. The summed E-state index contributed by atoms with van der Waals surface area (Å²) >= 11 is 0. The highest BCUT2D eigenvalue weighted by Crippen LogP contribution is 2.23. The molecule has 0 saturated heterocycles. The van der Waals surface area contributed by atoms with Gasteiger partial charge in [-0.25, -0.2) is 0 Å². The largest absolute Gasteiger partial charge is 0.465 e. The van der Waals surface area contributed by atoms with E-state index in [1.54, 1.807) is 13.8 Å². The zero-order valence-electron chi connectivity index (χ0n) is 14.1. The van der Waals surface area contributed by atoms with E-state index in [-0.39, 0.29) is 18.6 Å². The molecule has 0 amide bonds. The van der Waals surface area contributed by atoms with Crippen LogP contribution in [0.25, 0.3) is 0 Å². The van der Waals surface area contributed by atoms with Gasteiger partial charge in [0.05, 0.1) is 13.2 Å². The molecular formula is C18H26O4. The minimum absolute atomic E-state index is 0.0697. The highest BCUT2D eigenvalue weighted by molar-refractivity contribution is 5.95. The third kappa shape index (κ3) is 5.17. The third-order valence-corrected chi connectivity index (χ3v) is 3.40. The van der Waals surface area contributed by atoms with E-state index in [9.17, 15) is 9.59 Å². The van der Waals surface area contributed by atoms with Gasteiger partial charge in [0, 0.05) is 0 Å². The molecule has 0 fully saturated rings. The fraction of sp³-hybridized carbons (Fsp3) is 0.556. The fourth-order valence-electron chi connectivity index (χ4n) is 2.13. The first-order valence-electron chi connectivity index (χ1n) is 7.72. The number of ether oxygens (including phenoxy) is 2. The van der Waals surface area contributed by atoms with Crippen LogP contribution in [0.15, 0.2) is 24.3 Å². The number of hydrogen-bond acceptors (Lipinski definition) is 4. The molecule has 0 aliphatic carbocycles. The summed E-state index contributed by atoms with van der Waals surface area (Å²) in [5.41, 5.74) is 2.19. The monoisotopic (exact) mass is 306 g/mol. The molecule has 0 heterocycles. The Kier molecular flexibility index (Phi) is 6.60. The molecule has 0 N–H and O–H groups in total. The number of rotatable bonds is 6. The molecule has 1 aromatic rings. The van der Waals surface area contributed by atoms with Gasteiger partial charge in [0.25, 0.3) is 0 Å². The van der Waals surface area contributed by atoms with Crippen LogP contribution in [0.3, 0.4) is 0 Å². The maximum Gasteiger partial charge on any atom is 0.320 e. The average molecular weight is 306 g/mol. The SMILES string of the molecule is CCOC(=O)C(Cc1ccc(C(C)(C)C)cc1)C(=O)OCC. The molecule has 0 saturated carbocycles. The normalized spacial score (nSPS) is 11.4. The lowest BCUT2D eigenvalue weighted by Gasteiger charge is -2.20. The number of benzene rings is 1. The topological polar surface area (TPSA) is 52.6 Å². The molecule has 0 unspecified atom stereocenters. The van der Waals surface area contributed by atoms with Crippen LogP contribution in [-0.4, -0.2) is 25.2 Å². The first kappa shape index (κ1) is 18.2. The van der Waals surface area contributed by atoms with Crippen molar-refractivity contribution in [1.29, 1.82) is 0 Å². The Morgan fingerprint density at radius 2 is 1.41 bits per heavy atom. The zero-order valence-corrected chi connectivity index (χ0v) is 14.1. The van der Waals surface area contributed by atoms with E-state index in [2.05, 4.69) is 20.8 Å². The Morgan fingerprint density at radius 1 is 0.955 bits per heavy atom. The van der Waals surface area contributed by atoms with Crippen molar-refractivity contribution in [3.63, 3.8) is 0 Å². The van der Waals surface area contributed by atoms with Gasteiger partial charge in [-0.15, -0.1) is 0 Å². The van der Waals surface area contributed by atoms with Crippen LogP contribution in [0.4, 0.5) is 0 Å². The first-order valence-corrected chi connectivity index (χ1v) is 7.72. The van der Waals surface area contributed by atoms with E-state index < -0.39 is 17.9 Å². The summed E-state index contributed by atoms with van der Waals surface area (Å²) in [6, 6.07) is 7.96. The Hall–Kier alpha value is -1.84. The Bertz CT molecular complexity index is 479. The van der Waals surface area contributed by atoms with Crippen LogP contribution in [0.5, 0.6) is 0 Å². The Morgan fingerprint density at radius 3 is 1.77 bits per heavy atom. The molecule has 0 bridgehead atoms. The van der Waals surface area contributed by atoms with Crippen molar-refractivity contribution in [3.05, 3.63) is 35.4 Å². The summed E-state index contributed by atoms with van der Waals surface area (Å²) in [5, 5.41) is 0. The lowest BCUT2D eigenvalue weighted by molar-refractivity contribution is -0.161. The summed E-state index contributed by atoms with van der Waals surface area (Å²) in [6.07, 6.45) is 0.294. The van der Waals surface area contributed by atoms with E-state index >= 15 is 0 Å². The molecule has 0 spiro atoms. The van der Waals surface area contributed by atoms with Crippen LogP contribution < -0.4 is 0 Å². The fourth-order valence-corrected chi connectivity index (χ4v) is 2.13. The molecule has 4 nitrogen and oxygen atoms in total. The van der Waals surface area contributed by atoms with Gasteiger partial charge in [-0.2, -0.15) is 0 Å². The second kappa shape index (κ2) is 7.97. The van der Waals surface area contributed by atoms with E-state index in [4.69, 9.17) is 9.47 Å². The lowest BCUT2D eigenvalue weighted by Crippen LogP contribution is -2.30. The average Bonchev–Trinajstić information content (AvgIpc) is 2.44. The zero-order chi connectivity index (χ0) is 16.8. The molecule has 0 aromatic heterocycles. The maximum absolute atomic E-state index is 12.0. The molecule has 1 rings (SSSR count). The van der Waals surface area contributed by atoms with Gasteiger partial charge in [-0.1, -0.05) is 45.0 Å². The van der Waals surface area contributed by atoms with Crippen molar-refractivity contribution in [3.8, 4) is 0 Å². The quantitative estimate of drug-likeness (QED) is 0.598. The second-order valence-electron chi connectivity index (χ2n) is 6.21. The molecule has 0 aliphatic heterocycles. The molecular weight excluding hydrogens is 280 g/mol. The molecule has 22 heavy (non-hydrogen) atoms. The number of carbonyl (C=O) groups is 2. The van der Waals surface area contributed by atoms with Crippen molar-refractivity contribution in [2.24, 2.45) is 5.92 Å². The predicted molar refractivity (Wildman–Crippen MR) is 85.6 cm³/mol. The van der Waals surface area contributed by atoms with Crippen molar-refractivity contribution < 1.29 is 19.1 Å². The third-order valence-electron chi connectivity index (χ3n) is 3.40. The van der Waals surface area contributed by atoms with Gasteiger partial charge in [0.15, 0.2) is 5.92 Å². The second-order valence-corrected chi connectivity index (χ2v) is 6.21. The smallest absolute Gasteiger partial charge is 0.320 e. The van der Waals surface area contributed by atoms with E-state index in [0.717, 1.165) is 5.56 Å². The van der Waals surface area contributed by atoms with Gasteiger partial charge in [0.1, 0.15) is 0 Å². The predicted octanol–water partition coefficient (Wildman–Crippen LogP) is 3.27. The van der Waals surface area contributed by atoms with Crippen molar-refractivity contribution in [2.75, 3.05) is 13.2 Å². The highest BCUT2D eigenvalue weighted by Gasteiger charge is 2.29. The summed E-state index contributed by atoms with van der Waals surface area (Å²) in [7, 11) is 0. The molecule has 0 aliphatic rings. The van der Waals surface area contributed by atoms with Crippen LogP contribution >= 0.6 is 0 Å². The first-order chi connectivity index (χ1) is 10.3. The number of carbonyl (C=O) groups excluding carboxylic acids is 2. The van der Waals surface area contributed by atoms with Gasteiger partial charge in [0.2, 0.25) is 0 Å². The van der Waals surface area contributed by atoms with Crippen LogP contribution in [0.2, 0.25) is 0 Å². The van der Waals surface area contributed by atoms with Crippen molar-refractivity contribution in [1.82, 2.24) is 0 Å². The van der Waals surface area contributed by atoms with Crippen molar-refractivity contribution in [2.45, 2.75) is 46.5 Å². The standard InChI is InChI=1S/C18H26O4/c1-6-21-16(19)15(17(20)22-7-2)12-13-8-10-14(11-9-13)18(3,4)5/h8-11,15H,6-7,12H2,1-5H3. The van der Waals surface area contributed by atoms with Crippen LogP contribution in [0.1, 0.15) is 45.7 Å². The van der Waals surface area contributed by atoms with E-state index in [0.29, 0.717) is 6.42 Å². The maximum atomic E-state index is 12.0. The molecule has 0 radical (unpaired) electrons. The molecule has 1 aromatic carbocycles. The van der Waals surface area contributed by atoms with Crippen LogP contribution in [-0.2, 0) is 30.9 Å². The summed E-state index contributed by atoms with van der Waals surface area (Å²) < 4.78 is 9.96. The van der Waals surface area contributed by atoms with Gasteiger partial charge < -0.3 is 9.47 Å². The molecule has 4 heteroatoms. The Labute approximate surface area is 132 Å².